The lowest BCUT2D eigenvalue weighted by Gasteiger charge is -2.33. The van der Waals surface area contributed by atoms with Crippen molar-refractivity contribution in [1.82, 2.24) is 9.80 Å². The third kappa shape index (κ3) is 3.81. The van der Waals surface area contributed by atoms with Crippen LogP contribution in [0, 0.1) is 6.92 Å². The Morgan fingerprint density at radius 2 is 1.80 bits per heavy atom. The van der Waals surface area contributed by atoms with Crippen LogP contribution in [0.2, 0.25) is 0 Å². The van der Waals surface area contributed by atoms with Gasteiger partial charge in [0.15, 0.2) is 0 Å². The van der Waals surface area contributed by atoms with Gasteiger partial charge in [-0.25, -0.2) is 0 Å². The van der Waals surface area contributed by atoms with E-state index < -0.39 is 0 Å². The summed E-state index contributed by atoms with van der Waals surface area (Å²) in [7, 11) is 2.09. The molecule has 2 N–H and O–H groups in total. The molecule has 1 saturated heterocycles. The average Bonchev–Trinajstić information content (AvgIpc) is 2.46. The number of carbonyl (C=O) groups excluding carboxylic acids is 1. The first-order valence-electron chi connectivity index (χ1n) is 7.33. The molecule has 2 rings (SSSR count). The van der Waals surface area contributed by atoms with Crippen LogP contribution in [0.3, 0.4) is 0 Å². The van der Waals surface area contributed by atoms with Gasteiger partial charge in [0.2, 0.25) is 5.91 Å². The fraction of sp³-hybridized carbons (Fsp3) is 0.562. The molecule has 1 heterocycles. The van der Waals surface area contributed by atoms with Crippen LogP contribution in [0.15, 0.2) is 24.3 Å². The maximum Gasteiger partial charge on any atom is 0.223 e. The molecule has 20 heavy (non-hydrogen) atoms. The number of rotatable bonds is 4. The average molecular weight is 275 g/mol. The predicted molar refractivity (Wildman–Crippen MR) is 81.7 cm³/mol. The molecular weight excluding hydrogens is 250 g/mol. The highest BCUT2D eigenvalue weighted by Crippen LogP contribution is 2.20. The Morgan fingerprint density at radius 3 is 2.35 bits per heavy atom. The Hall–Kier alpha value is -1.39. The van der Waals surface area contributed by atoms with Crippen molar-refractivity contribution in [2.75, 3.05) is 39.8 Å². The minimum absolute atomic E-state index is 0.128. The second-order valence-electron chi connectivity index (χ2n) is 5.73. The van der Waals surface area contributed by atoms with Crippen molar-refractivity contribution >= 4 is 5.91 Å². The van der Waals surface area contributed by atoms with Crippen LogP contribution in [0.25, 0.3) is 0 Å². The van der Waals surface area contributed by atoms with Crippen molar-refractivity contribution in [3.8, 4) is 0 Å². The van der Waals surface area contributed by atoms with E-state index in [1.807, 2.05) is 4.90 Å². The molecular formula is C16H25N3O. The lowest BCUT2D eigenvalue weighted by molar-refractivity contribution is -0.133. The molecule has 1 amide bonds. The van der Waals surface area contributed by atoms with Gasteiger partial charge in [-0.05, 0) is 26.1 Å². The third-order valence-electron chi connectivity index (χ3n) is 4.11. The van der Waals surface area contributed by atoms with Gasteiger partial charge in [-0.2, -0.15) is 0 Å². The summed E-state index contributed by atoms with van der Waals surface area (Å²) in [4.78, 5) is 16.6. The lowest BCUT2D eigenvalue weighted by Crippen LogP contribution is -2.47. The fourth-order valence-corrected chi connectivity index (χ4v) is 2.57. The van der Waals surface area contributed by atoms with Gasteiger partial charge in [0, 0.05) is 38.5 Å². The number of piperazine rings is 1. The zero-order valence-electron chi connectivity index (χ0n) is 12.5. The minimum Gasteiger partial charge on any atom is -0.340 e. The van der Waals surface area contributed by atoms with E-state index in [0.29, 0.717) is 13.0 Å². The number of hydrogen-bond acceptors (Lipinski definition) is 3. The van der Waals surface area contributed by atoms with E-state index in [4.69, 9.17) is 5.73 Å². The number of nitrogens with zero attached hydrogens (tertiary/aromatic N) is 2. The van der Waals surface area contributed by atoms with Gasteiger partial charge < -0.3 is 15.5 Å². The summed E-state index contributed by atoms with van der Waals surface area (Å²) >= 11 is 0. The van der Waals surface area contributed by atoms with Gasteiger partial charge in [0.1, 0.15) is 0 Å². The highest BCUT2D eigenvalue weighted by atomic mass is 16.2. The Labute approximate surface area is 121 Å². The topological polar surface area (TPSA) is 49.6 Å². The van der Waals surface area contributed by atoms with Crippen molar-refractivity contribution < 1.29 is 4.79 Å². The molecule has 1 aliphatic heterocycles. The van der Waals surface area contributed by atoms with E-state index in [1.165, 1.54) is 11.1 Å². The molecule has 1 aromatic rings. The standard InChI is InChI=1S/C16H25N3O/c1-13-3-5-14(6-4-13)15(12-17)11-16(20)19-9-7-18(2)8-10-19/h3-6,15H,7-12,17H2,1-2H3. The molecule has 0 aliphatic carbocycles. The summed E-state index contributed by atoms with van der Waals surface area (Å²) in [6, 6.07) is 8.34. The highest BCUT2D eigenvalue weighted by molar-refractivity contribution is 5.77. The normalized spacial score (nSPS) is 18.1. The quantitative estimate of drug-likeness (QED) is 0.898. The van der Waals surface area contributed by atoms with Gasteiger partial charge in [-0.15, -0.1) is 0 Å². The first-order valence-corrected chi connectivity index (χ1v) is 7.33. The van der Waals surface area contributed by atoms with E-state index in [0.717, 1.165) is 26.2 Å². The van der Waals surface area contributed by atoms with Crippen LogP contribution in [-0.2, 0) is 4.79 Å². The smallest absolute Gasteiger partial charge is 0.223 e. The van der Waals surface area contributed by atoms with Crippen molar-refractivity contribution in [1.29, 1.82) is 0 Å². The minimum atomic E-state index is 0.128. The molecule has 0 bridgehead atoms. The number of benzene rings is 1. The fourth-order valence-electron chi connectivity index (χ4n) is 2.57. The largest absolute Gasteiger partial charge is 0.340 e. The summed E-state index contributed by atoms with van der Waals surface area (Å²) in [5.41, 5.74) is 8.26. The maximum atomic E-state index is 12.4. The molecule has 1 atom stereocenters. The molecule has 110 valence electrons. The number of aryl methyl sites for hydroxylation is 1. The number of likely N-dealkylation sites (N-methyl/N-ethyl adjacent to an activating group) is 1. The molecule has 0 radical (unpaired) electrons. The Balaban J connectivity index is 1.95. The van der Waals surface area contributed by atoms with E-state index in [1.54, 1.807) is 0 Å². The number of nitrogens with two attached hydrogens (primary N) is 1. The summed E-state index contributed by atoms with van der Waals surface area (Å²) in [5.74, 6) is 0.358. The van der Waals surface area contributed by atoms with Crippen LogP contribution in [0.1, 0.15) is 23.5 Å². The van der Waals surface area contributed by atoms with Crippen molar-refractivity contribution in [3.63, 3.8) is 0 Å². The second-order valence-corrected chi connectivity index (χ2v) is 5.73. The van der Waals surface area contributed by atoms with E-state index in [-0.39, 0.29) is 11.8 Å². The van der Waals surface area contributed by atoms with Crippen LogP contribution in [0.4, 0.5) is 0 Å². The third-order valence-corrected chi connectivity index (χ3v) is 4.11. The number of amides is 1. The zero-order chi connectivity index (χ0) is 14.5. The van der Waals surface area contributed by atoms with E-state index in [9.17, 15) is 4.79 Å². The van der Waals surface area contributed by atoms with Crippen molar-refractivity contribution in [2.45, 2.75) is 19.3 Å². The molecule has 4 nitrogen and oxygen atoms in total. The summed E-state index contributed by atoms with van der Waals surface area (Å²) < 4.78 is 0. The summed E-state index contributed by atoms with van der Waals surface area (Å²) in [6.45, 7) is 6.17. The lowest BCUT2D eigenvalue weighted by atomic mass is 9.94. The van der Waals surface area contributed by atoms with Gasteiger partial charge >= 0.3 is 0 Å². The Morgan fingerprint density at radius 1 is 1.20 bits per heavy atom. The van der Waals surface area contributed by atoms with Crippen LogP contribution in [0.5, 0.6) is 0 Å². The van der Waals surface area contributed by atoms with Crippen molar-refractivity contribution in [3.05, 3.63) is 35.4 Å². The second kappa shape index (κ2) is 6.86. The van der Waals surface area contributed by atoms with Crippen molar-refractivity contribution in [2.24, 2.45) is 5.73 Å². The molecule has 1 fully saturated rings. The van der Waals surface area contributed by atoms with E-state index in [2.05, 4.69) is 43.1 Å². The molecule has 1 unspecified atom stereocenters. The summed E-state index contributed by atoms with van der Waals surface area (Å²) in [5, 5.41) is 0. The van der Waals surface area contributed by atoms with Gasteiger partial charge in [-0.3, -0.25) is 4.79 Å². The monoisotopic (exact) mass is 275 g/mol. The van der Waals surface area contributed by atoms with Crippen LogP contribution < -0.4 is 5.73 Å². The van der Waals surface area contributed by atoms with Crippen LogP contribution >= 0.6 is 0 Å². The predicted octanol–water partition coefficient (Wildman–Crippen LogP) is 1.20. The first-order chi connectivity index (χ1) is 9.60. The number of carbonyl (C=O) groups is 1. The molecule has 0 spiro atoms. The van der Waals surface area contributed by atoms with Crippen LogP contribution in [-0.4, -0.2) is 55.5 Å². The zero-order valence-corrected chi connectivity index (χ0v) is 12.5. The first kappa shape index (κ1) is 15.0. The van der Waals surface area contributed by atoms with Gasteiger partial charge in [0.05, 0.1) is 0 Å². The number of hydrogen-bond donors (Lipinski definition) is 1. The van der Waals surface area contributed by atoms with E-state index >= 15 is 0 Å². The maximum absolute atomic E-state index is 12.4. The molecule has 0 saturated carbocycles. The molecule has 1 aromatic carbocycles. The molecule has 4 heteroatoms. The molecule has 0 aromatic heterocycles. The van der Waals surface area contributed by atoms with Gasteiger partial charge in [-0.1, -0.05) is 29.8 Å². The molecule has 1 aliphatic rings. The SMILES string of the molecule is Cc1ccc(C(CN)CC(=O)N2CCN(C)CC2)cc1. The summed E-state index contributed by atoms with van der Waals surface area (Å²) in [6.07, 6.45) is 0.517. The van der Waals surface area contributed by atoms with Gasteiger partial charge in [0.25, 0.3) is 0 Å². The highest BCUT2D eigenvalue weighted by Gasteiger charge is 2.22. The Kier molecular flexibility index (Phi) is 5.15. The Bertz CT molecular complexity index is 436.